The molecule has 0 unspecified atom stereocenters. The van der Waals surface area contributed by atoms with Crippen molar-refractivity contribution < 1.29 is 18.0 Å². The zero-order valence-corrected chi connectivity index (χ0v) is 19.3. The fourth-order valence-corrected chi connectivity index (χ4v) is 7.18. The van der Waals surface area contributed by atoms with E-state index in [9.17, 15) is 18.0 Å². The number of hydrogen-bond acceptors (Lipinski definition) is 3. The van der Waals surface area contributed by atoms with Crippen molar-refractivity contribution >= 4 is 27.5 Å². The number of amides is 1. The third kappa shape index (κ3) is 3.55. The summed E-state index contributed by atoms with van der Waals surface area (Å²) in [7, 11) is 0. The van der Waals surface area contributed by atoms with Gasteiger partial charge in [0.15, 0.2) is 17.0 Å². The van der Waals surface area contributed by atoms with E-state index in [-0.39, 0.29) is 27.0 Å². The third-order valence-corrected chi connectivity index (χ3v) is 8.26. The summed E-state index contributed by atoms with van der Waals surface area (Å²) in [5, 5.41) is 7.28. The molecule has 4 fully saturated rings. The standard InChI is InChI=1S/C24H22BrF3N4O/c25-19-20(22(33)30-23-10-13-6-14(11-23)8-15(7-13)12-23)31-32-18(24(26,27)28)9-17(29-21(19)32)16-4-2-1-3-5-16/h1-5,9,13-15H,6-8,10-12H2,(H,30,33). The number of nitrogens with zero attached hydrogens (tertiary/aromatic N) is 3. The molecule has 3 aromatic rings. The average molecular weight is 519 g/mol. The summed E-state index contributed by atoms with van der Waals surface area (Å²) >= 11 is 3.34. The lowest BCUT2D eigenvalue weighted by Gasteiger charge is -2.56. The number of aromatic nitrogens is 3. The Bertz CT molecular complexity index is 1220. The topological polar surface area (TPSA) is 59.3 Å². The first-order chi connectivity index (χ1) is 15.7. The summed E-state index contributed by atoms with van der Waals surface area (Å²) in [6.45, 7) is 0. The molecule has 0 aliphatic heterocycles. The van der Waals surface area contributed by atoms with Gasteiger partial charge in [0.25, 0.3) is 5.91 Å². The van der Waals surface area contributed by atoms with Gasteiger partial charge >= 0.3 is 6.18 Å². The van der Waals surface area contributed by atoms with E-state index in [1.54, 1.807) is 30.3 Å². The molecular formula is C24H22BrF3N4O. The maximum absolute atomic E-state index is 13.9. The Hall–Kier alpha value is -2.42. The molecule has 4 aliphatic carbocycles. The zero-order valence-electron chi connectivity index (χ0n) is 17.7. The minimum Gasteiger partial charge on any atom is -0.345 e. The Morgan fingerprint density at radius 1 is 1.06 bits per heavy atom. The minimum absolute atomic E-state index is 0.0284. The van der Waals surface area contributed by atoms with Crippen LogP contribution in [-0.4, -0.2) is 26.0 Å². The summed E-state index contributed by atoms with van der Waals surface area (Å²) in [5.74, 6) is 1.46. The van der Waals surface area contributed by atoms with Crippen LogP contribution in [0.4, 0.5) is 13.2 Å². The van der Waals surface area contributed by atoms with Crippen molar-refractivity contribution in [3.05, 3.63) is 52.3 Å². The van der Waals surface area contributed by atoms with Gasteiger partial charge in [-0.15, -0.1) is 0 Å². The average Bonchev–Trinajstić information content (AvgIpc) is 3.08. The van der Waals surface area contributed by atoms with E-state index in [0.717, 1.165) is 29.8 Å². The lowest BCUT2D eigenvalue weighted by molar-refractivity contribution is -0.142. The SMILES string of the molecule is O=C(NC12CC3CC(CC(C3)C1)C2)c1nn2c(C(F)(F)F)cc(-c3ccccc3)nc2c1Br. The molecule has 4 bridgehead atoms. The van der Waals surface area contributed by atoms with Crippen LogP contribution in [0.2, 0.25) is 0 Å². The summed E-state index contributed by atoms with van der Waals surface area (Å²) in [4.78, 5) is 17.7. The maximum atomic E-state index is 13.9. The number of alkyl halides is 3. The second-order valence-electron chi connectivity index (χ2n) is 9.94. The normalized spacial score (nSPS) is 28.4. The van der Waals surface area contributed by atoms with Gasteiger partial charge < -0.3 is 5.32 Å². The summed E-state index contributed by atoms with van der Waals surface area (Å²) < 4.78 is 42.7. The lowest BCUT2D eigenvalue weighted by Crippen LogP contribution is -2.59. The molecule has 9 heteroatoms. The molecule has 2 aromatic heterocycles. The van der Waals surface area contributed by atoms with E-state index in [4.69, 9.17) is 0 Å². The molecule has 4 aliphatic rings. The number of carbonyl (C=O) groups excluding carboxylic acids is 1. The maximum Gasteiger partial charge on any atom is 0.433 e. The van der Waals surface area contributed by atoms with Crippen molar-refractivity contribution in [1.29, 1.82) is 0 Å². The molecule has 0 radical (unpaired) electrons. The van der Waals surface area contributed by atoms with Gasteiger partial charge in [0.1, 0.15) is 0 Å². The Morgan fingerprint density at radius 2 is 1.67 bits per heavy atom. The first-order valence-electron chi connectivity index (χ1n) is 11.3. The van der Waals surface area contributed by atoms with Crippen LogP contribution in [0.15, 0.2) is 40.9 Å². The minimum atomic E-state index is -4.66. The highest BCUT2D eigenvalue weighted by Gasteiger charge is 2.52. The first-order valence-corrected chi connectivity index (χ1v) is 12.0. The van der Waals surface area contributed by atoms with Gasteiger partial charge in [-0.3, -0.25) is 4.79 Å². The van der Waals surface area contributed by atoms with Crippen LogP contribution in [-0.2, 0) is 6.18 Å². The number of fused-ring (bicyclic) bond motifs is 1. The predicted molar refractivity (Wildman–Crippen MR) is 119 cm³/mol. The number of benzene rings is 1. The highest BCUT2D eigenvalue weighted by Crippen LogP contribution is 2.55. The molecule has 2 heterocycles. The van der Waals surface area contributed by atoms with Gasteiger partial charge in [-0.25, -0.2) is 9.50 Å². The summed E-state index contributed by atoms with van der Waals surface area (Å²) in [5.41, 5.74) is -0.604. The number of carbonyl (C=O) groups is 1. The molecule has 1 amide bonds. The number of hydrogen-bond donors (Lipinski definition) is 1. The number of rotatable bonds is 3. The van der Waals surface area contributed by atoms with Crippen LogP contribution in [0, 0.1) is 17.8 Å². The monoisotopic (exact) mass is 518 g/mol. The smallest absolute Gasteiger partial charge is 0.345 e. The Kier molecular flexibility index (Phi) is 4.67. The fraction of sp³-hybridized carbons (Fsp3) is 0.458. The van der Waals surface area contributed by atoms with E-state index in [2.05, 4.69) is 31.3 Å². The molecule has 4 saturated carbocycles. The highest BCUT2D eigenvalue weighted by molar-refractivity contribution is 9.10. The molecular weight excluding hydrogens is 497 g/mol. The van der Waals surface area contributed by atoms with Crippen molar-refractivity contribution in [3.63, 3.8) is 0 Å². The van der Waals surface area contributed by atoms with E-state index in [0.29, 0.717) is 23.3 Å². The number of nitrogens with one attached hydrogen (secondary N) is 1. The van der Waals surface area contributed by atoms with E-state index < -0.39 is 17.8 Å². The molecule has 5 nitrogen and oxygen atoms in total. The van der Waals surface area contributed by atoms with Gasteiger partial charge in [-0.05, 0) is 78.3 Å². The van der Waals surface area contributed by atoms with Gasteiger partial charge in [0.05, 0.1) is 10.2 Å². The molecule has 0 saturated heterocycles. The molecule has 33 heavy (non-hydrogen) atoms. The number of halogens is 4. The van der Waals surface area contributed by atoms with Crippen molar-refractivity contribution in [2.75, 3.05) is 0 Å². The Labute approximate surface area is 196 Å². The molecule has 0 spiro atoms. The Balaban J connectivity index is 1.41. The molecule has 1 N–H and O–H groups in total. The molecule has 172 valence electrons. The van der Waals surface area contributed by atoms with Gasteiger partial charge in [-0.2, -0.15) is 18.3 Å². The van der Waals surface area contributed by atoms with E-state index >= 15 is 0 Å². The van der Waals surface area contributed by atoms with Crippen LogP contribution < -0.4 is 5.32 Å². The quantitative estimate of drug-likeness (QED) is 0.471. The summed E-state index contributed by atoms with van der Waals surface area (Å²) in [6, 6.07) is 9.64. The molecule has 7 rings (SSSR count). The third-order valence-electron chi connectivity index (χ3n) is 7.52. The lowest BCUT2D eigenvalue weighted by atomic mass is 9.53. The largest absolute Gasteiger partial charge is 0.433 e. The van der Waals surface area contributed by atoms with Crippen LogP contribution in [0.1, 0.15) is 54.7 Å². The van der Waals surface area contributed by atoms with Crippen molar-refractivity contribution in [2.45, 2.75) is 50.2 Å². The summed E-state index contributed by atoms with van der Waals surface area (Å²) in [6.07, 6.45) is 1.86. The zero-order chi connectivity index (χ0) is 23.0. The van der Waals surface area contributed by atoms with Crippen LogP contribution >= 0.6 is 15.9 Å². The van der Waals surface area contributed by atoms with Gasteiger partial charge in [0, 0.05) is 11.1 Å². The van der Waals surface area contributed by atoms with Crippen molar-refractivity contribution in [3.8, 4) is 11.3 Å². The second-order valence-corrected chi connectivity index (χ2v) is 10.7. The van der Waals surface area contributed by atoms with Crippen molar-refractivity contribution in [1.82, 2.24) is 19.9 Å². The second kappa shape index (κ2) is 7.29. The van der Waals surface area contributed by atoms with Crippen LogP contribution in [0.25, 0.3) is 16.9 Å². The molecule has 1 aromatic carbocycles. The fourth-order valence-electron chi connectivity index (χ4n) is 6.66. The van der Waals surface area contributed by atoms with Crippen LogP contribution in [0.3, 0.4) is 0 Å². The molecule has 0 atom stereocenters. The van der Waals surface area contributed by atoms with Crippen molar-refractivity contribution in [2.24, 2.45) is 17.8 Å². The van der Waals surface area contributed by atoms with Crippen LogP contribution in [0.5, 0.6) is 0 Å². The van der Waals surface area contributed by atoms with E-state index in [1.165, 1.54) is 19.3 Å². The highest BCUT2D eigenvalue weighted by atomic mass is 79.9. The van der Waals surface area contributed by atoms with Gasteiger partial charge in [-0.1, -0.05) is 30.3 Å². The van der Waals surface area contributed by atoms with Gasteiger partial charge in [0.2, 0.25) is 0 Å². The van der Waals surface area contributed by atoms with E-state index in [1.807, 2.05) is 0 Å². The predicted octanol–water partition coefficient (Wildman–Crippen LogP) is 5.88. The Morgan fingerprint density at radius 3 is 2.24 bits per heavy atom. The first kappa shape index (κ1) is 21.1.